The molecule has 0 spiro atoms. The molecule has 0 fully saturated rings. The number of carbonyl (C=O) groups excluding carboxylic acids is 2. The van der Waals surface area contributed by atoms with E-state index in [-0.39, 0.29) is 0 Å². The molecule has 0 bridgehead atoms. The zero-order chi connectivity index (χ0) is 17.5. The predicted octanol–water partition coefficient (Wildman–Crippen LogP) is 3.90. The second-order valence-corrected chi connectivity index (χ2v) is 5.67. The molecule has 2 rings (SSSR count). The van der Waals surface area contributed by atoms with Gasteiger partial charge in [0.25, 0.3) is 5.91 Å². The number of benzene rings is 1. The van der Waals surface area contributed by atoms with E-state index in [9.17, 15) is 9.59 Å². The third-order valence-electron chi connectivity index (χ3n) is 2.76. The van der Waals surface area contributed by atoms with Crippen LogP contribution >= 0.6 is 27.5 Å². The number of furan rings is 1. The van der Waals surface area contributed by atoms with Gasteiger partial charge in [-0.25, -0.2) is 4.79 Å². The predicted molar refractivity (Wildman–Crippen MR) is 93.0 cm³/mol. The fraction of sp³-hybridized carbons (Fsp3) is 0.125. The molecule has 1 aromatic heterocycles. The lowest BCUT2D eigenvalue weighted by Crippen LogP contribution is -2.20. The molecule has 0 aliphatic rings. The first-order valence-electron chi connectivity index (χ1n) is 6.71. The molecule has 2 aromatic rings. The first-order valence-corrected chi connectivity index (χ1v) is 7.88. The van der Waals surface area contributed by atoms with Crippen molar-refractivity contribution in [1.29, 1.82) is 0 Å². The second-order valence-electron chi connectivity index (χ2n) is 4.48. The van der Waals surface area contributed by atoms with Crippen molar-refractivity contribution in [1.82, 2.24) is 0 Å². The van der Waals surface area contributed by atoms with E-state index in [1.807, 2.05) is 0 Å². The molecule has 1 aromatic carbocycles. The van der Waals surface area contributed by atoms with Gasteiger partial charge in [0.05, 0.1) is 12.1 Å². The van der Waals surface area contributed by atoms with Gasteiger partial charge in [0.15, 0.2) is 11.3 Å². The summed E-state index contributed by atoms with van der Waals surface area (Å²) in [6.45, 7) is -0.422. The number of amides is 1. The highest BCUT2D eigenvalue weighted by Gasteiger charge is 2.08. The van der Waals surface area contributed by atoms with Gasteiger partial charge in [-0.1, -0.05) is 11.6 Å². The monoisotopic (exact) mass is 413 g/mol. The molecule has 6 nitrogen and oxygen atoms in total. The molecule has 1 amide bonds. The highest BCUT2D eigenvalue weighted by molar-refractivity contribution is 9.10. The van der Waals surface area contributed by atoms with Gasteiger partial charge in [0, 0.05) is 11.8 Å². The van der Waals surface area contributed by atoms with E-state index in [0.717, 1.165) is 0 Å². The summed E-state index contributed by atoms with van der Waals surface area (Å²) in [5.74, 6) is -0.170. The zero-order valence-corrected chi connectivity index (χ0v) is 14.9. The molecule has 0 unspecified atom stereocenters. The van der Waals surface area contributed by atoms with Crippen LogP contribution in [-0.2, 0) is 14.3 Å². The molecule has 0 atom stereocenters. The number of ether oxygens (including phenoxy) is 2. The van der Waals surface area contributed by atoms with Crippen LogP contribution in [0.2, 0.25) is 5.02 Å². The van der Waals surface area contributed by atoms with E-state index in [0.29, 0.717) is 26.9 Å². The fourth-order valence-corrected chi connectivity index (χ4v) is 2.27. The number of anilines is 1. The van der Waals surface area contributed by atoms with Gasteiger partial charge in [-0.3, -0.25) is 4.79 Å². The topological polar surface area (TPSA) is 77.8 Å². The zero-order valence-electron chi connectivity index (χ0n) is 12.5. The minimum absolute atomic E-state index is 0.361. The number of hydrogen-bond donors (Lipinski definition) is 1. The Kier molecular flexibility index (Phi) is 6.45. The third-order valence-corrected chi connectivity index (χ3v) is 3.48. The number of rotatable bonds is 6. The fourth-order valence-electron chi connectivity index (χ4n) is 1.69. The highest BCUT2D eigenvalue weighted by Crippen LogP contribution is 2.27. The Bertz CT molecular complexity index is 772. The van der Waals surface area contributed by atoms with Gasteiger partial charge < -0.3 is 19.2 Å². The summed E-state index contributed by atoms with van der Waals surface area (Å²) < 4.78 is 15.6. The van der Waals surface area contributed by atoms with E-state index in [1.54, 1.807) is 24.3 Å². The molecule has 0 saturated heterocycles. The summed E-state index contributed by atoms with van der Waals surface area (Å²) in [5, 5.41) is 2.92. The summed E-state index contributed by atoms with van der Waals surface area (Å²) in [4.78, 5) is 23.3. The molecule has 1 heterocycles. The van der Waals surface area contributed by atoms with Crippen molar-refractivity contribution in [3.05, 3.63) is 51.9 Å². The van der Waals surface area contributed by atoms with E-state index < -0.39 is 18.5 Å². The molecular formula is C16H13BrClNO5. The van der Waals surface area contributed by atoms with Gasteiger partial charge in [0.1, 0.15) is 11.5 Å². The van der Waals surface area contributed by atoms with Crippen molar-refractivity contribution in [2.24, 2.45) is 0 Å². The summed E-state index contributed by atoms with van der Waals surface area (Å²) in [7, 11) is 1.49. The number of nitrogens with one attached hydrogen (secondary N) is 1. The first kappa shape index (κ1) is 18.1. The van der Waals surface area contributed by atoms with Crippen LogP contribution in [0.15, 0.2) is 45.5 Å². The van der Waals surface area contributed by atoms with Crippen LogP contribution < -0.4 is 10.1 Å². The number of methoxy groups -OCH3 is 1. The quantitative estimate of drug-likeness (QED) is 0.573. The van der Waals surface area contributed by atoms with Crippen LogP contribution in [0.25, 0.3) is 6.08 Å². The Labute approximate surface area is 151 Å². The highest BCUT2D eigenvalue weighted by atomic mass is 79.9. The SMILES string of the molecule is COc1ccc(NC(=O)COC(=O)/C=C/c2ccc(Br)o2)cc1Cl. The lowest BCUT2D eigenvalue weighted by atomic mass is 10.3. The van der Waals surface area contributed by atoms with E-state index in [4.69, 9.17) is 25.5 Å². The van der Waals surface area contributed by atoms with Crippen LogP contribution in [0.1, 0.15) is 5.76 Å². The van der Waals surface area contributed by atoms with Crippen molar-refractivity contribution < 1.29 is 23.5 Å². The maximum atomic E-state index is 11.7. The maximum Gasteiger partial charge on any atom is 0.331 e. The summed E-state index contributed by atoms with van der Waals surface area (Å²) in [5.41, 5.74) is 0.470. The average molecular weight is 415 g/mol. The Hall–Kier alpha value is -2.25. The first-order chi connectivity index (χ1) is 11.5. The number of esters is 1. The van der Waals surface area contributed by atoms with Gasteiger partial charge >= 0.3 is 5.97 Å². The Morgan fingerprint density at radius 1 is 1.33 bits per heavy atom. The lowest BCUT2D eigenvalue weighted by molar-refractivity contribution is -0.142. The molecule has 126 valence electrons. The van der Waals surface area contributed by atoms with Crippen LogP contribution in [0, 0.1) is 0 Å². The normalized spacial score (nSPS) is 10.6. The molecule has 0 saturated carbocycles. The minimum Gasteiger partial charge on any atom is -0.495 e. The standard InChI is InChI=1S/C16H13BrClNO5/c1-22-13-5-2-10(8-12(13)18)19-15(20)9-23-16(21)7-4-11-3-6-14(17)24-11/h2-8H,9H2,1H3,(H,19,20)/b7-4+. The smallest absolute Gasteiger partial charge is 0.331 e. The molecule has 8 heteroatoms. The van der Waals surface area contributed by atoms with Gasteiger partial charge in [-0.05, 0) is 52.3 Å². The van der Waals surface area contributed by atoms with Gasteiger partial charge in [0.2, 0.25) is 0 Å². The van der Waals surface area contributed by atoms with Gasteiger partial charge in [-0.15, -0.1) is 0 Å². The number of carbonyl (C=O) groups is 2. The van der Waals surface area contributed by atoms with Crippen LogP contribution in [0.4, 0.5) is 5.69 Å². The van der Waals surface area contributed by atoms with E-state index in [2.05, 4.69) is 21.2 Å². The third kappa shape index (κ3) is 5.43. The van der Waals surface area contributed by atoms with Crippen LogP contribution in [0.3, 0.4) is 0 Å². The molecule has 0 radical (unpaired) electrons. The van der Waals surface area contributed by atoms with Crippen molar-refractivity contribution >= 4 is 51.2 Å². The second kappa shape index (κ2) is 8.56. The molecular weight excluding hydrogens is 402 g/mol. The minimum atomic E-state index is -0.662. The van der Waals surface area contributed by atoms with Crippen LogP contribution in [0.5, 0.6) is 5.75 Å². The number of hydrogen-bond acceptors (Lipinski definition) is 5. The largest absolute Gasteiger partial charge is 0.495 e. The molecule has 0 aliphatic carbocycles. The Balaban J connectivity index is 1.81. The summed E-state index contributed by atoms with van der Waals surface area (Å²) in [6.07, 6.45) is 2.61. The van der Waals surface area contributed by atoms with E-state index >= 15 is 0 Å². The average Bonchev–Trinajstić information content (AvgIpc) is 2.96. The summed E-state index contributed by atoms with van der Waals surface area (Å²) in [6, 6.07) is 8.15. The maximum absolute atomic E-state index is 11.7. The Morgan fingerprint density at radius 2 is 2.12 bits per heavy atom. The summed E-state index contributed by atoms with van der Waals surface area (Å²) >= 11 is 9.11. The van der Waals surface area contributed by atoms with Gasteiger partial charge in [-0.2, -0.15) is 0 Å². The molecule has 0 aliphatic heterocycles. The molecule has 1 N–H and O–H groups in total. The Morgan fingerprint density at radius 3 is 2.75 bits per heavy atom. The van der Waals surface area contributed by atoms with Crippen LogP contribution in [-0.4, -0.2) is 25.6 Å². The van der Waals surface area contributed by atoms with E-state index in [1.165, 1.54) is 25.3 Å². The van der Waals surface area contributed by atoms with Crippen molar-refractivity contribution in [2.75, 3.05) is 19.0 Å². The van der Waals surface area contributed by atoms with Crippen molar-refractivity contribution in [3.63, 3.8) is 0 Å². The number of halogens is 2. The van der Waals surface area contributed by atoms with Crippen molar-refractivity contribution in [2.45, 2.75) is 0 Å². The van der Waals surface area contributed by atoms with Crippen molar-refractivity contribution in [3.8, 4) is 5.75 Å². The lowest BCUT2D eigenvalue weighted by Gasteiger charge is -2.08. The molecule has 24 heavy (non-hydrogen) atoms.